The van der Waals surface area contributed by atoms with Crippen LogP contribution in [0.2, 0.25) is 0 Å². The van der Waals surface area contributed by atoms with E-state index in [2.05, 4.69) is 18.8 Å². The van der Waals surface area contributed by atoms with E-state index in [0.29, 0.717) is 30.5 Å². The van der Waals surface area contributed by atoms with Crippen LogP contribution in [0, 0.1) is 11.8 Å². The molecule has 2 rings (SSSR count). The molecule has 2 atom stereocenters. The summed E-state index contributed by atoms with van der Waals surface area (Å²) in [5.41, 5.74) is 1.43. The summed E-state index contributed by atoms with van der Waals surface area (Å²) >= 11 is 0. The lowest BCUT2D eigenvalue weighted by atomic mass is 9.85. The van der Waals surface area contributed by atoms with Crippen molar-refractivity contribution in [1.29, 1.82) is 0 Å². The standard InChI is InChI=1S/C22H33N3O3/c1-6-18(22(28)23-13-14-24(5)16(3)26)10-12-20-11-7-15(2)21(19-8-9-19)25(20)17(4)27/h6,10,12,15,19,21H,1,7-9,11,13-14H2,2-5H3,(H,23,28)/b18-10+,20-12+/t15?,21-/m1/s1. The summed E-state index contributed by atoms with van der Waals surface area (Å²) in [4.78, 5) is 39.4. The van der Waals surface area contributed by atoms with Crippen molar-refractivity contribution in [3.63, 3.8) is 0 Å². The molecule has 1 unspecified atom stereocenters. The van der Waals surface area contributed by atoms with Crippen molar-refractivity contribution in [1.82, 2.24) is 15.1 Å². The highest BCUT2D eigenvalue weighted by Gasteiger charge is 2.43. The number of allylic oxidation sites excluding steroid dienone is 3. The molecule has 1 heterocycles. The minimum absolute atomic E-state index is 0.0421. The normalized spacial score (nSPS) is 24.1. The highest BCUT2D eigenvalue weighted by Crippen LogP contribution is 2.44. The van der Waals surface area contributed by atoms with E-state index < -0.39 is 0 Å². The minimum Gasteiger partial charge on any atom is -0.350 e. The van der Waals surface area contributed by atoms with Gasteiger partial charge in [-0.15, -0.1) is 0 Å². The molecule has 28 heavy (non-hydrogen) atoms. The second-order valence-electron chi connectivity index (χ2n) is 7.91. The van der Waals surface area contributed by atoms with Gasteiger partial charge in [0.05, 0.1) is 0 Å². The maximum absolute atomic E-state index is 12.4. The molecule has 1 aliphatic heterocycles. The smallest absolute Gasteiger partial charge is 0.251 e. The lowest BCUT2D eigenvalue weighted by molar-refractivity contribution is -0.131. The van der Waals surface area contributed by atoms with Gasteiger partial charge in [0.2, 0.25) is 11.8 Å². The van der Waals surface area contributed by atoms with Crippen LogP contribution in [0.25, 0.3) is 0 Å². The van der Waals surface area contributed by atoms with E-state index in [0.717, 1.165) is 18.5 Å². The van der Waals surface area contributed by atoms with Gasteiger partial charge in [0.25, 0.3) is 5.91 Å². The lowest BCUT2D eigenvalue weighted by Crippen LogP contribution is -2.46. The molecule has 2 aliphatic rings. The first-order valence-electron chi connectivity index (χ1n) is 10.1. The third kappa shape index (κ3) is 5.57. The third-order valence-corrected chi connectivity index (χ3v) is 5.70. The number of nitrogens with zero attached hydrogens (tertiary/aromatic N) is 2. The Labute approximate surface area is 168 Å². The molecule has 0 aromatic rings. The molecule has 1 aliphatic carbocycles. The summed E-state index contributed by atoms with van der Waals surface area (Å²) in [5, 5.41) is 2.80. The highest BCUT2D eigenvalue weighted by molar-refractivity contribution is 5.96. The number of carbonyl (C=O) groups is 3. The average Bonchev–Trinajstić information content (AvgIpc) is 3.47. The SMILES string of the molecule is C=C/C(=C\C=C1/CCC(C)[C@H](C2CC2)N1C(C)=O)C(=O)NCCN(C)C(C)=O. The number of hydrogen-bond donors (Lipinski definition) is 1. The largest absolute Gasteiger partial charge is 0.350 e. The van der Waals surface area contributed by atoms with Crippen molar-refractivity contribution in [3.8, 4) is 0 Å². The summed E-state index contributed by atoms with van der Waals surface area (Å²) in [6.45, 7) is 9.90. The van der Waals surface area contributed by atoms with E-state index in [1.165, 1.54) is 25.8 Å². The minimum atomic E-state index is -0.235. The fraction of sp³-hybridized carbons (Fsp3) is 0.591. The molecule has 0 bridgehead atoms. The lowest BCUT2D eigenvalue weighted by Gasteiger charge is -2.41. The Bertz CT molecular complexity index is 691. The average molecular weight is 388 g/mol. The van der Waals surface area contributed by atoms with E-state index in [1.54, 1.807) is 24.9 Å². The van der Waals surface area contributed by atoms with Crippen LogP contribution in [-0.2, 0) is 14.4 Å². The second-order valence-corrected chi connectivity index (χ2v) is 7.91. The Balaban J connectivity index is 2.08. The predicted molar refractivity (Wildman–Crippen MR) is 110 cm³/mol. The number of hydrogen-bond acceptors (Lipinski definition) is 3. The summed E-state index contributed by atoms with van der Waals surface area (Å²) in [6, 6.07) is 0.272. The highest BCUT2D eigenvalue weighted by atomic mass is 16.2. The Hall–Kier alpha value is -2.37. The zero-order chi connectivity index (χ0) is 20.8. The first-order valence-corrected chi connectivity index (χ1v) is 10.1. The van der Waals surface area contributed by atoms with E-state index in [-0.39, 0.29) is 23.8 Å². The Morgan fingerprint density at radius 2 is 1.93 bits per heavy atom. The van der Waals surface area contributed by atoms with Gasteiger partial charge in [-0.3, -0.25) is 14.4 Å². The van der Waals surface area contributed by atoms with Gasteiger partial charge in [0.1, 0.15) is 0 Å². The van der Waals surface area contributed by atoms with E-state index in [9.17, 15) is 14.4 Å². The Morgan fingerprint density at radius 1 is 1.25 bits per heavy atom. The van der Waals surface area contributed by atoms with Crippen molar-refractivity contribution in [2.45, 2.75) is 52.5 Å². The number of piperidine rings is 1. The van der Waals surface area contributed by atoms with Gasteiger partial charge in [0, 0.05) is 51.3 Å². The second kappa shape index (κ2) is 9.71. The van der Waals surface area contributed by atoms with Crippen LogP contribution in [0.1, 0.15) is 46.5 Å². The summed E-state index contributed by atoms with van der Waals surface area (Å²) in [5.74, 6) is 0.894. The molecule has 2 fully saturated rings. The fourth-order valence-corrected chi connectivity index (χ4v) is 3.82. The van der Waals surface area contributed by atoms with Crippen LogP contribution in [-0.4, -0.2) is 53.7 Å². The number of rotatable bonds is 7. The maximum atomic E-state index is 12.4. The van der Waals surface area contributed by atoms with Gasteiger partial charge in [0.15, 0.2) is 0 Å². The molecule has 0 radical (unpaired) electrons. The van der Waals surface area contributed by atoms with Crippen molar-refractivity contribution in [2.75, 3.05) is 20.1 Å². The quantitative estimate of drug-likeness (QED) is 0.539. The van der Waals surface area contributed by atoms with Crippen molar-refractivity contribution in [3.05, 3.63) is 36.1 Å². The summed E-state index contributed by atoms with van der Waals surface area (Å²) in [6.07, 6.45) is 9.41. The molecule has 1 saturated heterocycles. The van der Waals surface area contributed by atoms with Crippen LogP contribution in [0.4, 0.5) is 0 Å². The summed E-state index contributed by atoms with van der Waals surface area (Å²) < 4.78 is 0. The molecule has 1 N–H and O–H groups in total. The molecule has 6 heteroatoms. The van der Waals surface area contributed by atoms with Crippen LogP contribution < -0.4 is 5.32 Å². The molecular weight excluding hydrogens is 354 g/mol. The first-order chi connectivity index (χ1) is 13.3. The van der Waals surface area contributed by atoms with Gasteiger partial charge in [-0.1, -0.05) is 19.6 Å². The van der Waals surface area contributed by atoms with Crippen LogP contribution in [0.15, 0.2) is 36.1 Å². The first kappa shape index (κ1) is 21.9. The summed E-state index contributed by atoms with van der Waals surface area (Å²) in [7, 11) is 1.69. The van der Waals surface area contributed by atoms with Crippen LogP contribution >= 0.6 is 0 Å². The molecule has 0 aromatic carbocycles. The molecule has 1 saturated carbocycles. The maximum Gasteiger partial charge on any atom is 0.251 e. The number of nitrogens with one attached hydrogen (secondary N) is 1. The molecule has 154 valence electrons. The number of amides is 3. The molecular formula is C22H33N3O3. The van der Waals surface area contributed by atoms with Crippen molar-refractivity contribution < 1.29 is 14.4 Å². The van der Waals surface area contributed by atoms with Crippen LogP contribution in [0.5, 0.6) is 0 Å². The van der Waals surface area contributed by atoms with Gasteiger partial charge >= 0.3 is 0 Å². The topological polar surface area (TPSA) is 69.7 Å². The predicted octanol–water partition coefficient (Wildman–Crippen LogP) is 2.63. The van der Waals surface area contributed by atoms with Crippen LogP contribution in [0.3, 0.4) is 0 Å². The fourth-order valence-electron chi connectivity index (χ4n) is 3.82. The number of likely N-dealkylation sites (N-methyl/N-ethyl adjacent to an activating group) is 1. The zero-order valence-electron chi connectivity index (χ0n) is 17.5. The van der Waals surface area contributed by atoms with Gasteiger partial charge in [-0.05, 0) is 49.7 Å². The Kier molecular flexibility index (Phi) is 7.61. The molecule has 0 spiro atoms. The van der Waals surface area contributed by atoms with Gasteiger partial charge in [-0.2, -0.15) is 0 Å². The van der Waals surface area contributed by atoms with Gasteiger partial charge < -0.3 is 15.1 Å². The number of carbonyl (C=O) groups excluding carboxylic acids is 3. The third-order valence-electron chi connectivity index (χ3n) is 5.70. The van der Waals surface area contributed by atoms with E-state index in [4.69, 9.17) is 0 Å². The zero-order valence-corrected chi connectivity index (χ0v) is 17.5. The van der Waals surface area contributed by atoms with Crippen molar-refractivity contribution in [2.24, 2.45) is 11.8 Å². The number of likely N-dealkylation sites (tertiary alicyclic amines) is 1. The van der Waals surface area contributed by atoms with E-state index >= 15 is 0 Å². The Morgan fingerprint density at radius 3 is 2.46 bits per heavy atom. The van der Waals surface area contributed by atoms with Crippen molar-refractivity contribution >= 4 is 17.7 Å². The van der Waals surface area contributed by atoms with E-state index in [1.807, 2.05) is 11.0 Å². The molecule has 3 amide bonds. The van der Waals surface area contributed by atoms with Gasteiger partial charge in [-0.25, -0.2) is 0 Å². The molecule has 6 nitrogen and oxygen atoms in total. The monoisotopic (exact) mass is 387 g/mol. The molecule has 0 aromatic heterocycles.